The first kappa shape index (κ1) is 22.7. The molecule has 0 radical (unpaired) electrons. The molecule has 6 heteroatoms. The van der Waals surface area contributed by atoms with Gasteiger partial charge in [-0.2, -0.15) is 0 Å². The normalized spacial score (nSPS) is 18.3. The Morgan fingerprint density at radius 2 is 2.12 bits per heavy atom. The fourth-order valence-electron chi connectivity index (χ4n) is 4.14. The van der Waals surface area contributed by atoms with Gasteiger partial charge in [0.2, 0.25) is 5.91 Å². The van der Waals surface area contributed by atoms with Gasteiger partial charge in [-0.3, -0.25) is 4.79 Å². The Morgan fingerprint density at radius 1 is 1.22 bits per heavy atom. The number of benzene rings is 2. The van der Waals surface area contributed by atoms with Crippen molar-refractivity contribution in [3.05, 3.63) is 59.6 Å². The molecule has 1 amide bonds. The minimum Gasteiger partial charge on any atom is -0.487 e. The topological polar surface area (TPSA) is 48.0 Å². The van der Waals surface area contributed by atoms with Crippen LogP contribution in [0.2, 0.25) is 5.02 Å². The van der Waals surface area contributed by atoms with Crippen molar-refractivity contribution in [3.63, 3.8) is 0 Å². The Bertz CT molecular complexity index is 955. The van der Waals surface area contributed by atoms with Crippen LogP contribution < -0.4 is 9.47 Å². The molecule has 2 aromatic carbocycles. The zero-order valence-electron chi connectivity index (χ0n) is 18.4. The van der Waals surface area contributed by atoms with E-state index in [1.807, 2.05) is 35.2 Å². The van der Waals surface area contributed by atoms with Gasteiger partial charge in [0.25, 0.3) is 0 Å². The Hall–Kier alpha value is -2.50. The lowest BCUT2D eigenvalue weighted by atomic mass is 10.0. The number of allylic oxidation sites excluding steroid dienone is 1. The quantitative estimate of drug-likeness (QED) is 0.507. The van der Waals surface area contributed by atoms with Gasteiger partial charge in [0.05, 0.1) is 12.6 Å². The molecule has 0 unspecified atom stereocenters. The van der Waals surface area contributed by atoms with Crippen molar-refractivity contribution >= 4 is 17.5 Å². The van der Waals surface area contributed by atoms with Crippen LogP contribution in [-0.2, 0) is 16.1 Å². The molecular weight excluding hydrogens is 426 g/mol. The summed E-state index contributed by atoms with van der Waals surface area (Å²) in [6, 6.07) is 11.8. The van der Waals surface area contributed by atoms with Crippen LogP contribution in [0.3, 0.4) is 0 Å². The maximum atomic E-state index is 12.7. The second kappa shape index (κ2) is 10.9. The van der Waals surface area contributed by atoms with Gasteiger partial charge in [-0.05, 0) is 61.1 Å². The number of hydrogen-bond donors (Lipinski definition) is 0. The lowest BCUT2D eigenvalue weighted by Gasteiger charge is -2.24. The third kappa shape index (κ3) is 5.64. The van der Waals surface area contributed by atoms with Crippen LogP contribution >= 0.6 is 11.6 Å². The van der Waals surface area contributed by atoms with Crippen LogP contribution in [0.25, 0.3) is 11.1 Å². The Labute approximate surface area is 194 Å². The van der Waals surface area contributed by atoms with Gasteiger partial charge in [0.1, 0.15) is 13.2 Å². The molecule has 2 aromatic rings. The molecule has 170 valence electrons. The van der Waals surface area contributed by atoms with Crippen LogP contribution in [0.15, 0.2) is 49.1 Å². The molecule has 1 atom stereocenters. The van der Waals surface area contributed by atoms with E-state index < -0.39 is 0 Å². The zero-order valence-corrected chi connectivity index (χ0v) is 19.1. The molecule has 2 aliphatic heterocycles. The summed E-state index contributed by atoms with van der Waals surface area (Å²) < 4.78 is 18.2. The predicted molar refractivity (Wildman–Crippen MR) is 126 cm³/mol. The van der Waals surface area contributed by atoms with Crippen LogP contribution in [0.4, 0.5) is 0 Å². The highest BCUT2D eigenvalue weighted by Crippen LogP contribution is 2.39. The summed E-state index contributed by atoms with van der Waals surface area (Å²) in [5.74, 6) is 1.50. The molecule has 1 saturated heterocycles. The molecule has 4 rings (SSSR count). The molecule has 32 heavy (non-hydrogen) atoms. The van der Waals surface area contributed by atoms with Crippen LogP contribution in [0.5, 0.6) is 11.5 Å². The van der Waals surface area contributed by atoms with Crippen LogP contribution in [0.1, 0.15) is 37.7 Å². The van der Waals surface area contributed by atoms with Gasteiger partial charge in [0.15, 0.2) is 11.5 Å². The van der Waals surface area contributed by atoms with E-state index >= 15 is 0 Å². The van der Waals surface area contributed by atoms with Crippen molar-refractivity contribution in [2.24, 2.45) is 0 Å². The molecule has 0 N–H and O–H groups in total. The van der Waals surface area contributed by atoms with Gasteiger partial charge in [-0.25, -0.2) is 0 Å². The highest BCUT2D eigenvalue weighted by Gasteiger charge is 2.24. The van der Waals surface area contributed by atoms with Crippen LogP contribution in [0, 0.1) is 0 Å². The lowest BCUT2D eigenvalue weighted by Crippen LogP contribution is -2.32. The second-order valence-corrected chi connectivity index (χ2v) is 8.70. The largest absolute Gasteiger partial charge is 0.487 e. The Kier molecular flexibility index (Phi) is 7.72. The maximum absolute atomic E-state index is 12.7. The fraction of sp³-hybridized carbons (Fsp3) is 0.423. The standard InChI is InChI=1S/C26H30ClNO4/c1-2-3-10-25(29)28-11-13-31-26-21(17-28)14-20(19-7-6-8-22(27)15-19)16-24(26)32-18-23-9-4-5-12-30-23/h2,6-8,14-16,23H,1,3-5,9-13,17-18H2/t23-/m1/s1. The van der Waals surface area contributed by atoms with Gasteiger partial charge >= 0.3 is 0 Å². The van der Waals surface area contributed by atoms with E-state index in [2.05, 4.69) is 12.6 Å². The van der Waals surface area contributed by atoms with E-state index in [4.69, 9.17) is 25.8 Å². The van der Waals surface area contributed by atoms with E-state index in [1.54, 1.807) is 6.08 Å². The predicted octanol–water partition coefficient (Wildman–Crippen LogP) is 5.64. The number of rotatable bonds is 7. The number of hydrogen-bond acceptors (Lipinski definition) is 4. The third-order valence-electron chi connectivity index (χ3n) is 5.87. The first-order valence-corrected chi connectivity index (χ1v) is 11.7. The van der Waals surface area contributed by atoms with Crippen molar-refractivity contribution in [2.45, 2.75) is 44.8 Å². The van der Waals surface area contributed by atoms with Gasteiger partial charge in [-0.1, -0.05) is 29.8 Å². The summed E-state index contributed by atoms with van der Waals surface area (Å²) in [6.07, 6.45) is 6.26. The summed E-state index contributed by atoms with van der Waals surface area (Å²) in [5.41, 5.74) is 2.91. The molecule has 0 aromatic heterocycles. The number of carbonyl (C=O) groups excluding carboxylic acids is 1. The number of carbonyl (C=O) groups is 1. The third-order valence-corrected chi connectivity index (χ3v) is 6.11. The average Bonchev–Trinajstić information content (AvgIpc) is 3.04. The summed E-state index contributed by atoms with van der Waals surface area (Å²) in [4.78, 5) is 14.5. The van der Waals surface area contributed by atoms with E-state index in [0.29, 0.717) is 55.7 Å². The van der Waals surface area contributed by atoms with E-state index in [9.17, 15) is 4.79 Å². The molecule has 5 nitrogen and oxygen atoms in total. The Morgan fingerprint density at radius 3 is 2.91 bits per heavy atom. The summed E-state index contributed by atoms with van der Waals surface area (Å²) in [6.45, 7) is 6.45. The lowest BCUT2D eigenvalue weighted by molar-refractivity contribution is -0.131. The van der Waals surface area contributed by atoms with E-state index in [-0.39, 0.29) is 12.0 Å². The highest BCUT2D eigenvalue weighted by atomic mass is 35.5. The van der Waals surface area contributed by atoms with Crippen molar-refractivity contribution in [1.29, 1.82) is 0 Å². The number of halogens is 1. The Balaban J connectivity index is 1.64. The highest BCUT2D eigenvalue weighted by molar-refractivity contribution is 6.30. The smallest absolute Gasteiger partial charge is 0.223 e. The van der Waals surface area contributed by atoms with E-state index in [1.165, 1.54) is 0 Å². The van der Waals surface area contributed by atoms with Crippen molar-refractivity contribution in [2.75, 3.05) is 26.4 Å². The molecule has 0 bridgehead atoms. The maximum Gasteiger partial charge on any atom is 0.223 e. The number of amides is 1. The molecule has 0 spiro atoms. The van der Waals surface area contributed by atoms with Crippen molar-refractivity contribution in [1.82, 2.24) is 4.90 Å². The minimum absolute atomic E-state index is 0.0944. The summed E-state index contributed by atoms with van der Waals surface area (Å²) >= 11 is 6.25. The molecule has 2 heterocycles. The SMILES string of the molecule is C=CCCC(=O)N1CCOc2c(cc(-c3cccc(Cl)c3)cc2OC[C@H]2CCCCO2)C1. The summed E-state index contributed by atoms with van der Waals surface area (Å²) in [5, 5.41) is 0.674. The second-order valence-electron chi connectivity index (χ2n) is 8.26. The van der Waals surface area contributed by atoms with Gasteiger partial charge < -0.3 is 19.1 Å². The van der Waals surface area contributed by atoms with Gasteiger partial charge in [0, 0.05) is 30.2 Å². The monoisotopic (exact) mass is 455 g/mol. The zero-order chi connectivity index (χ0) is 22.3. The fourth-order valence-corrected chi connectivity index (χ4v) is 4.33. The van der Waals surface area contributed by atoms with E-state index in [0.717, 1.165) is 42.6 Å². The number of nitrogens with zero attached hydrogens (tertiary/aromatic N) is 1. The molecule has 1 fully saturated rings. The minimum atomic E-state index is 0.0944. The molecule has 0 saturated carbocycles. The van der Waals surface area contributed by atoms with Gasteiger partial charge in [-0.15, -0.1) is 6.58 Å². The van der Waals surface area contributed by atoms with Crippen molar-refractivity contribution < 1.29 is 19.0 Å². The molecular formula is C26H30ClNO4. The van der Waals surface area contributed by atoms with Crippen LogP contribution in [-0.4, -0.2) is 43.3 Å². The van der Waals surface area contributed by atoms with Crippen molar-refractivity contribution in [3.8, 4) is 22.6 Å². The summed E-state index contributed by atoms with van der Waals surface area (Å²) in [7, 11) is 0. The first-order valence-electron chi connectivity index (χ1n) is 11.3. The number of ether oxygens (including phenoxy) is 3. The number of fused-ring (bicyclic) bond motifs is 1. The first-order chi connectivity index (χ1) is 15.6. The molecule has 2 aliphatic rings. The molecule has 0 aliphatic carbocycles. The average molecular weight is 456 g/mol.